The van der Waals surface area contributed by atoms with E-state index in [1.165, 1.54) is 12.1 Å². The molecule has 0 bridgehead atoms. The predicted molar refractivity (Wildman–Crippen MR) is 65.1 cm³/mol. The average molecular weight is 257 g/mol. The molecule has 1 aromatic rings. The van der Waals surface area contributed by atoms with E-state index in [1.807, 2.05) is 0 Å². The first kappa shape index (κ1) is 13.6. The molecule has 0 unspecified atom stereocenters. The first-order chi connectivity index (χ1) is 7.86. The van der Waals surface area contributed by atoms with Gasteiger partial charge in [-0.15, -0.1) is 0 Å². The number of benzene rings is 1. The summed E-state index contributed by atoms with van der Waals surface area (Å²) in [6.07, 6.45) is 0. The third kappa shape index (κ3) is 3.52. The highest BCUT2D eigenvalue weighted by Crippen LogP contribution is 2.21. The maximum Gasteiger partial charge on any atom is 0.238 e. The molecule has 0 saturated heterocycles. The average Bonchev–Trinajstić information content (AvgIpc) is 2.19. The van der Waals surface area contributed by atoms with Crippen LogP contribution in [-0.4, -0.2) is 27.9 Å². The Hall–Kier alpha value is -1.44. The molecule has 94 valence electrons. The van der Waals surface area contributed by atoms with Crippen LogP contribution in [0.3, 0.4) is 0 Å². The quantitative estimate of drug-likeness (QED) is 0.695. The maximum atomic E-state index is 11.4. The van der Waals surface area contributed by atoms with Crippen molar-refractivity contribution in [2.24, 2.45) is 5.14 Å². The van der Waals surface area contributed by atoms with Gasteiger partial charge in [-0.2, -0.15) is 0 Å². The first-order valence-corrected chi connectivity index (χ1v) is 6.47. The van der Waals surface area contributed by atoms with Gasteiger partial charge in [0, 0.05) is 5.69 Å². The molecular formula is C10H15N3O3S. The number of hydrogen-bond donors (Lipinski definition) is 3. The molecule has 0 heterocycles. The second kappa shape index (κ2) is 5.26. The Bertz CT molecular complexity index is 526. The fourth-order valence-corrected chi connectivity index (χ4v) is 2.22. The third-order valence-corrected chi connectivity index (χ3v) is 3.26. The van der Waals surface area contributed by atoms with Gasteiger partial charge in [-0.25, -0.2) is 13.6 Å². The minimum atomic E-state index is -3.77. The molecule has 1 amide bonds. The number of rotatable bonds is 4. The van der Waals surface area contributed by atoms with Gasteiger partial charge in [0.1, 0.15) is 0 Å². The van der Waals surface area contributed by atoms with Crippen molar-refractivity contribution < 1.29 is 13.2 Å². The molecule has 0 spiro atoms. The maximum absolute atomic E-state index is 11.4. The smallest absolute Gasteiger partial charge is 0.238 e. The zero-order valence-electron chi connectivity index (χ0n) is 9.65. The Morgan fingerprint density at radius 1 is 1.41 bits per heavy atom. The molecule has 0 aliphatic carbocycles. The van der Waals surface area contributed by atoms with Gasteiger partial charge >= 0.3 is 0 Å². The summed E-state index contributed by atoms with van der Waals surface area (Å²) in [7, 11) is -2.12. The van der Waals surface area contributed by atoms with Gasteiger partial charge in [-0.05, 0) is 31.7 Å². The number of carbonyl (C=O) groups excluding carboxylic acids is 1. The SMILES string of the molecule is CNCC(=O)Nc1cccc(S(N)(=O)=O)c1C. The molecule has 17 heavy (non-hydrogen) atoms. The minimum Gasteiger partial charge on any atom is -0.325 e. The molecule has 6 nitrogen and oxygen atoms in total. The van der Waals surface area contributed by atoms with Gasteiger partial charge in [0.15, 0.2) is 0 Å². The summed E-state index contributed by atoms with van der Waals surface area (Å²) in [5.41, 5.74) is 0.872. The highest BCUT2D eigenvalue weighted by Gasteiger charge is 2.14. The van der Waals surface area contributed by atoms with Crippen LogP contribution in [0.5, 0.6) is 0 Å². The Kier molecular flexibility index (Phi) is 4.22. The van der Waals surface area contributed by atoms with Gasteiger partial charge in [-0.3, -0.25) is 4.79 Å². The second-order valence-electron chi connectivity index (χ2n) is 3.55. The van der Waals surface area contributed by atoms with Crippen molar-refractivity contribution in [2.45, 2.75) is 11.8 Å². The Balaban J connectivity index is 3.08. The zero-order valence-corrected chi connectivity index (χ0v) is 10.5. The van der Waals surface area contributed by atoms with E-state index in [0.29, 0.717) is 11.3 Å². The number of nitrogens with two attached hydrogens (primary N) is 1. The molecule has 0 aliphatic heterocycles. The van der Waals surface area contributed by atoms with Crippen LogP contribution in [0, 0.1) is 6.92 Å². The number of anilines is 1. The van der Waals surface area contributed by atoms with Gasteiger partial charge in [0.25, 0.3) is 0 Å². The Labute approximate surface area is 100 Å². The number of primary sulfonamides is 1. The fourth-order valence-electron chi connectivity index (χ4n) is 1.41. The van der Waals surface area contributed by atoms with E-state index in [4.69, 9.17) is 5.14 Å². The second-order valence-corrected chi connectivity index (χ2v) is 5.08. The summed E-state index contributed by atoms with van der Waals surface area (Å²) in [5.74, 6) is -0.248. The highest BCUT2D eigenvalue weighted by molar-refractivity contribution is 7.89. The Morgan fingerprint density at radius 3 is 2.59 bits per heavy atom. The molecule has 7 heteroatoms. The topological polar surface area (TPSA) is 101 Å². The van der Waals surface area contributed by atoms with E-state index >= 15 is 0 Å². The molecule has 0 aromatic heterocycles. The molecular weight excluding hydrogens is 242 g/mol. The van der Waals surface area contributed by atoms with E-state index in [2.05, 4.69) is 10.6 Å². The van der Waals surface area contributed by atoms with Crippen molar-refractivity contribution in [2.75, 3.05) is 18.9 Å². The zero-order chi connectivity index (χ0) is 13.1. The fraction of sp³-hybridized carbons (Fsp3) is 0.300. The summed E-state index contributed by atoms with van der Waals surface area (Å²) in [4.78, 5) is 11.4. The number of sulfonamides is 1. The number of carbonyl (C=O) groups is 1. The van der Waals surface area contributed by atoms with E-state index in [9.17, 15) is 13.2 Å². The van der Waals surface area contributed by atoms with Gasteiger partial charge in [0.2, 0.25) is 15.9 Å². The van der Waals surface area contributed by atoms with Crippen LogP contribution in [0.2, 0.25) is 0 Å². The lowest BCUT2D eigenvalue weighted by molar-refractivity contribution is -0.115. The third-order valence-electron chi connectivity index (χ3n) is 2.20. The van der Waals surface area contributed by atoms with Gasteiger partial charge in [0.05, 0.1) is 11.4 Å². The number of amides is 1. The summed E-state index contributed by atoms with van der Waals surface area (Å²) >= 11 is 0. The van der Waals surface area contributed by atoms with Crippen LogP contribution < -0.4 is 15.8 Å². The molecule has 1 rings (SSSR count). The Morgan fingerprint density at radius 2 is 2.06 bits per heavy atom. The number of likely N-dealkylation sites (N-methyl/N-ethyl adjacent to an activating group) is 1. The van der Waals surface area contributed by atoms with Crippen LogP contribution in [0.15, 0.2) is 23.1 Å². The summed E-state index contributed by atoms with van der Waals surface area (Å²) in [6.45, 7) is 1.74. The number of nitrogens with one attached hydrogen (secondary N) is 2. The summed E-state index contributed by atoms with van der Waals surface area (Å²) in [5, 5.41) is 10.4. The van der Waals surface area contributed by atoms with E-state index in [1.54, 1.807) is 20.0 Å². The highest BCUT2D eigenvalue weighted by atomic mass is 32.2. The lowest BCUT2D eigenvalue weighted by Crippen LogP contribution is -2.25. The van der Waals surface area contributed by atoms with Crippen molar-refractivity contribution in [3.8, 4) is 0 Å². The van der Waals surface area contributed by atoms with Gasteiger partial charge in [-0.1, -0.05) is 6.07 Å². The number of hydrogen-bond acceptors (Lipinski definition) is 4. The van der Waals surface area contributed by atoms with Gasteiger partial charge < -0.3 is 10.6 Å². The first-order valence-electron chi connectivity index (χ1n) is 4.93. The molecule has 4 N–H and O–H groups in total. The normalized spacial score (nSPS) is 11.2. The van der Waals surface area contributed by atoms with Crippen LogP contribution >= 0.6 is 0 Å². The van der Waals surface area contributed by atoms with Crippen molar-refractivity contribution in [3.63, 3.8) is 0 Å². The lowest BCUT2D eigenvalue weighted by Gasteiger charge is -2.11. The van der Waals surface area contributed by atoms with E-state index in [0.717, 1.165) is 0 Å². The summed E-state index contributed by atoms with van der Waals surface area (Å²) < 4.78 is 22.5. The predicted octanol–water partition coefficient (Wildman–Crippen LogP) is -0.200. The molecule has 0 aliphatic rings. The monoisotopic (exact) mass is 257 g/mol. The van der Waals surface area contributed by atoms with Crippen molar-refractivity contribution in [1.82, 2.24) is 5.32 Å². The standard InChI is InChI=1S/C10H15N3O3S/c1-7-8(13-10(14)6-12-2)4-3-5-9(7)17(11,15)16/h3-5,12H,6H2,1-2H3,(H,13,14)(H2,11,15,16). The summed E-state index contributed by atoms with van der Waals surface area (Å²) in [6, 6.07) is 4.55. The van der Waals surface area contributed by atoms with Crippen LogP contribution in [-0.2, 0) is 14.8 Å². The minimum absolute atomic E-state index is 0.0137. The molecule has 0 radical (unpaired) electrons. The van der Waals surface area contributed by atoms with Crippen molar-refractivity contribution in [3.05, 3.63) is 23.8 Å². The van der Waals surface area contributed by atoms with Crippen LogP contribution in [0.4, 0.5) is 5.69 Å². The van der Waals surface area contributed by atoms with Crippen molar-refractivity contribution in [1.29, 1.82) is 0 Å². The van der Waals surface area contributed by atoms with Crippen molar-refractivity contribution >= 4 is 21.6 Å². The van der Waals surface area contributed by atoms with Crippen LogP contribution in [0.1, 0.15) is 5.56 Å². The molecule has 0 saturated carbocycles. The largest absolute Gasteiger partial charge is 0.325 e. The lowest BCUT2D eigenvalue weighted by atomic mass is 10.2. The molecule has 1 aromatic carbocycles. The van der Waals surface area contributed by atoms with E-state index in [-0.39, 0.29) is 17.3 Å². The molecule has 0 fully saturated rings. The van der Waals surface area contributed by atoms with Crippen LogP contribution in [0.25, 0.3) is 0 Å². The molecule has 0 atom stereocenters. The van der Waals surface area contributed by atoms with E-state index < -0.39 is 10.0 Å².